The van der Waals surface area contributed by atoms with Gasteiger partial charge < -0.3 is 15.1 Å². The summed E-state index contributed by atoms with van der Waals surface area (Å²) in [5.41, 5.74) is 0. The van der Waals surface area contributed by atoms with E-state index >= 15 is 0 Å². The predicted octanol–water partition coefficient (Wildman–Crippen LogP) is 0.428. The summed E-state index contributed by atoms with van der Waals surface area (Å²) in [7, 11) is 4.29. The maximum atomic E-state index is 12.0. The third-order valence-corrected chi connectivity index (χ3v) is 4.11. The number of urea groups is 1. The van der Waals surface area contributed by atoms with Gasteiger partial charge in [-0.05, 0) is 33.4 Å². The van der Waals surface area contributed by atoms with E-state index in [0.29, 0.717) is 6.04 Å². The molecule has 0 aliphatic carbocycles. The van der Waals surface area contributed by atoms with Crippen LogP contribution in [0.4, 0.5) is 4.79 Å². The Morgan fingerprint density at radius 2 is 1.83 bits per heavy atom. The molecule has 2 fully saturated rings. The summed E-state index contributed by atoms with van der Waals surface area (Å²) in [5.74, 6) is 0. The highest BCUT2D eigenvalue weighted by atomic mass is 16.2. The number of amides is 2. The van der Waals surface area contributed by atoms with Gasteiger partial charge in [0.25, 0.3) is 0 Å². The minimum absolute atomic E-state index is 0.122. The highest BCUT2D eigenvalue weighted by Gasteiger charge is 2.23. The molecule has 5 nitrogen and oxygen atoms in total. The van der Waals surface area contributed by atoms with Gasteiger partial charge in [-0.1, -0.05) is 0 Å². The van der Waals surface area contributed by atoms with Crippen LogP contribution in [0.15, 0.2) is 0 Å². The molecule has 0 aromatic carbocycles. The van der Waals surface area contributed by atoms with Gasteiger partial charge in [-0.25, -0.2) is 4.79 Å². The van der Waals surface area contributed by atoms with E-state index < -0.39 is 0 Å². The van der Waals surface area contributed by atoms with Crippen LogP contribution in [0.3, 0.4) is 0 Å². The van der Waals surface area contributed by atoms with E-state index in [0.717, 1.165) is 52.1 Å². The number of nitrogens with zero attached hydrogens (tertiary/aromatic N) is 3. The molecule has 5 heteroatoms. The summed E-state index contributed by atoms with van der Waals surface area (Å²) in [6, 6.07) is 0.564. The first-order valence-electron chi connectivity index (χ1n) is 7.08. The molecule has 1 N–H and O–H groups in total. The molecule has 2 saturated heterocycles. The van der Waals surface area contributed by atoms with Gasteiger partial charge >= 0.3 is 6.03 Å². The maximum absolute atomic E-state index is 12.0. The Labute approximate surface area is 110 Å². The monoisotopic (exact) mass is 254 g/mol. The molecule has 0 saturated carbocycles. The van der Waals surface area contributed by atoms with Gasteiger partial charge in [-0.2, -0.15) is 0 Å². The van der Waals surface area contributed by atoms with Crippen LogP contribution in [0, 0.1) is 0 Å². The van der Waals surface area contributed by atoms with Crippen LogP contribution in [0.5, 0.6) is 0 Å². The lowest BCUT2D eigenvalue weighted by molar-refractivity contribution is 0.112. The standard InChI is InChI=1S/C13H26N4O/c1-15-8-9-16(2)12(11-15)10-14-13(18)17-6-4-3-5-7-17/h12H,3-11H2,1-2H3,(H,14,18). The average Bonchev–Trinajstić information content (AvgIpc) is 2.40. The molecule has 1 unspecified atom stereocenters. The second-order valence-electron chi connectivity index (χ2n) is 5.63. The van der Waals surface area contributed by atoms with E-state index in [1.807, 2.05) is 4.90 Å². The largest absolute Gasteiger partial charge is 0.336 e. The van der Waals surface area contributed by atoms with Crippen LogP contribution in [0.1, 0.15) is 19.3 Å². The minimum Gasteiger partial charge on any atom is -0.336 e. The molecule has 0 radical (unpaired) electrons. The fraction of sp³-hybridized carbons (Fsp3) is 0.923. The van der Waals surface area contributed by atoms with Crippen molar-refractivity contribution in [1.82, 2.24) is 20.0 Å². The Morgan fingerprint density at radius 3 is 2.56 bits per heavy atom. The first-order chi connectivity index (χ1) is 8.66. The van der Waals surface area contributed by atoms with Crippen LogP contribution in [-0.2, 0) is 0 Å². The van der Waals surface area contributed by atoms with Crippen molar-refractivity contribution < 1.29 is 4.79 Å². The summed E-state index contributed by atoms with van der Waals surface area (Å²) in [6.45, 7) is 5.85. The van der Waals surface area contributed by atoms with Crippen LogP contribution >= 0.6 is 0 Å². The third kappa shape index (κ3) is 3.59. The number of piperidine rings is 1. The maximum Gasteiger partial charge on any atom is 0.317 e. The van der Waals surface area contributed by atoms with E-state index in [9.17, 15) is 4.79 Å². The van der Waals surface area contributed by atoms with Gasteiger partial charge in [-0.15, -0.1) is 0 Å². The van der Waals surface area contributed by atoms with Crippen molar-refractivity contribution in [3.05, 3.63) is 0 Å². The van der Waals surface area contributed by atoms with Crippen molar-refractivity contribution in [2.45, 2.75) is 25.3 Å². The van der Waals surface area contributed by atoms with Crippen molar-refractivity contribution in [2.75, 3.05) is 53.4 Å². The van der Waals surface area contributed by atoms with Gasteiger partial charge in [0.05, 0.1) is 0 Å². The summed E-state index contributed by atoms with van der Waals surface area (Å²) < 4.78 is 0. The number of carbonyl (C=O) groups excluding carboxylic acids is 1. The van der Waals surface area contributed by atoms with Crippen molar-refractivity contribution in [1.29, 1.82) is 0 Å². The second-order valence-corrected chi connectivity index (χ2v) is 5.63. The van der Waals surface area contributed by atoms with E-state index in [1.165, 1.54) is 6.42 Å². The van der Waals surface area contributed by atoms with E-state index in [2.05, 4.69) is 29.2 Å². The lowest BCUT2D eigenvalue weighted by Crippen LogP contribution is -2.55. The van der Waals surface area contributed by atoms with Gasteiger partial charge in [0.1, 0.15) is 0 Å². The zero-order chi connectivity index (χ0) is 13.0. The minimum atomic E-state index is 0.122. The highest BCUT2D eigenvalue weighted by Crippen LogP contribution is 2.09. The van der Waals surface area contributed by atoms with E-state index in [-0.39, 0.29) is 6.03 Å². The fourth-order valence-electron chi connectivity index (χ4n) is 2.74. The summed E-state index contributed by atoms with van der Waals surface area (Å²) in [5, 5.41) is 3.09. The summed E-state index contributed by atoms with van der Waals surface area (Å²) in [4.78, 5) is 18.6. The molecular formula is C13H26N4O. The Balaban J connectivity index is 1.74. The van der Waals surface area contributed by atoms with Crippen molar-refractivity contribution in [3.63, 3.8) is 0 Å². The van der Waals surface area contributed by atoms with Gasteiger partial charge in [0.15, 0.2) is 0 Å². The number of hydrogen-bond donors (Lipinski definition) is 1. The third-order valence-electron chi connectivity index (χ3n) is 4.11. The molecular weight excluding hydrogens is 228 g/mol. The van der Waals surface area contributed by atoms with Crippen molar-refractivity contribution >= 4 is 6.03 Å². The zero-order valence-electron chi connectivity index (χ0n) is 11.7. The molecule has 2 aliphatic rings. The zero-order valence-corrected chi connectivity index (χ0v) is 11.7. The van der Waals surface area contributed by atoms with Crippen LogP contribution in [0.2, 0.25) is 0 Å². The van der Waals surface area contributed by atoms with Crippen LogP contribution in [0.25, 0.3) is 0 Å². The lowest BCUT2D eigenvalue weighted by atomic mass is 10.1. The average molecular weight is 254 g/mol. The Kier molecular flexibility index (Phi) is 4.83. The molecule has 2 rings (SSSR count). The molecule has 2 aliphatic heterocycles. The van der Waals surface area contributed by atoms with Gasteiger partial charge in [0, 0.05) is 45.3 Å². The molecule has 18 heavy (non-hydrogen) atoms. The van der Waals surface area contributed by atoms with Gasteiger partial charge in [0.2, 0.25) is 0 Å². The van der Waals surface area contributed by atoms with E-state index in [1.54, 1.807) is 0 Å². The van der Waals surface area contributed by atoms with E-state index in [4.69, 9.17) is 0 Å². The number of likely N-dealkylation sites (tertiary alicyclic amines) is 1. The molecule has 0 bridgehead atoms. The van der Waals surface area contributed by atoms with Crippen LogP contribution < -0.4 is 5.32 Å². The molecule has 2 heterocycles. The molecule has 0 aromatic heterocycles. The first-order valence-corrected chi connectivity index (χ1v) is 7.08. The number of nitrogens with one attached hydrogen (secondary N) is 1. The normalized spacial score (nSPS) is 27.2. The first kappa shape index (κ1) is 13.6. The Morgan fingerprint density at radius 1 is 1.11 bits per heavy atom. The topological polar surface area (TPSA) is 38.8 Å². The smallest absolute Gasteiger partial charge is 0.317 e. The lowest BCUT2D eigenvalue weighted by Gasteiger charge is -2.38. The second kappa shape index (κ2) is 6.38. The van der Waals surface area contributed by atoms with Crippen molar-refractivity contribution in [2.24, 2.45) is 0 Å². The molecule has 2 amide bonds. The fourth-order valence-corrected chi connectivity index (χ4v) is 2.74. The molecule has 0 spiro atoms. The van der Waals surface area contributed by atoms with Crippen LogP contribution in [-0.4, -0.2) is 80.1 Å². The molecule has 1 atom stereocenters. The number of hydrogen-bond acceptors (Lipinski definition) is 3. The molecule has 0 aromatic rings. The number of rotatable bonds is 2. The Bertz CT molecular complexity index is 278. The number of piperazine rings is 1. The predicted molar refractivity (Wildman–Crippen MR) is 72.7 cm³/mol. The highest BCUT2D eigenvalue weighted by molar-refractivity contribution is 5.74. The quantitative estimate of drug-likeness (QED) is 0.776. The Hall–Kier alpha value is -0.810. The SMILES string of the molecule is CN1CCN(C)C(CNC(=O)N2CCCCC2)C1. The summed E-state index contributed by atoms with van der Waals surface area (Å²) in [6.07, 6.45) is 3.57. The number of likely N-dealkylation sites (N-methyl/N-ethyl adjacent to an activating group) is 2. The summed E-state index contributed by atoms with van der Waals surface area (Å²) >= 11 is 0. The van der Waals surface area contributed by atoms with Crippen molar-refractivity contribution in [3.8, 4) is 0 Å². The van der Waals surface area contributed by atoms with Gasteiger partial charge in [-0.3, -0.25) is 4.90 Å². The molecule has 104 valence electrons. The number of carbonyl (C=O) groups is 1.